The van der Waals surface area contributed by atoms with E-state index in [0.29, 0.717) is 109 Å². The Bertz CT molecular complexity index is 6250. The second kappa shape index (κ2) is 41.1. The number of fused-ring (bicyclic) bond motifs is 7. The SMILES string of the molecule is CCOC(=O)Nc1cc(NC(=O)c2cc3cc(C)c(C)c(C)c3[nH]2)c(CCCl)c2ccccc12.CCOC(=O)Nc1cc([N+](=O)[O-])c(CCCl)c2ccccc12.CCOC(=O)Nc1cc([N+](=O)[O-])c(CCO)c2ccccc12.Cc1cc2cc(C(=O)Nc3cc(N)c4ccccc4c3CCCl)[nH]c2c(C)c1C.Cc1cc2cc(C(=O)O)[nH]c2c(C)c1C. The van der Waals surface area contributed by atoms with Crippen LogP contribution < -0.4 is 32.3 Å². The zero-order valence-electron chi connectivity index (χ0n) is 69.6. The van der Waals surface area contributed by atoms with Crippen LogP contribution in [0.2, 0.25) is 0 Å². The lowest BCUT2D eigenvalue weighted by atomic mass is 9.98. The van der Waals surface area contributed by atoms with Crippen LogP contribution in [0.4, 0.5) is 59.9 Å². The molecule has 3 heterocycles. The summed E-state index contributed by atoms with van der Waals surface area (Å²) in [6.07, 6.45) is -0.131. The van der Waals surface area contributed by atoms with E-state index in [9.17, 15) is 49.0 Å². The lowest BCUT2D eigenvalue weighted by molar-refractivity contribution is -0.385. The van der Waals surface area contributed by atoms with Crippen molar-refractivity contribution in [3.8, 4) is 0 Å². The van der Waals surface area contributed by atoms with Crippen molar-refractivity contribution in [2.24, 2.45) is 0 Å². The molecule has 29 heteroatoms. The molecular weight excluding hydrogens is 1620 g/mol. The van der Waals surface area contributed by atoms with E-state index in [1.807, 2.05) is 93.6 Å². The number of carboxylic acid groups (broad SMARTS) is 1. The van der Waals surface area contributed by atoms with Gasteiger partial charge in [-0.2, -0.15) is 0 Å². The van der Waals surface area contributed by atoms with Gasteiger partial charge in [0.2, 0.25) is 0 Å². The molecular formula is C93H96Cl3N11O15. The van der Waals surface area contributed by atoms with E-state index >= 15 is 0 Å². The first-order chi connectivity index (χ1) is 58.4. The quantitative estimate of drug-likeness (QED) is 0.0105. The smallest absolute Gasteiger partial charge is 0.411 e. The lowest BCUT2D eigenvalue weighted by Crippen LogP contribution is -2.17. The number of carbonyl (C=O) groups is 6. The van der Waals surface area contributed by atoms with Crippen molar-refractivity contribution in [2.75, 3.05) is 76.4 Å². The Morgan fingerprint density at radius 2 is 0.680 bits per heavy atom. The van der Waals surface area contributed by atoms with Crippen LogP contribution >= 0.6 is 34.8 Å². The number of nitro benzene ring substituents is 2. The van der Waals surface area contributed by atoms with E-state index in [1.54, 1.807) is 81.4 Å². The Kier molecular flexibility index (Phi) is 30.7. The van der Waals surface area contributed by atoms with Crippen LogP contribution in [-0.4, -0.2) is 115 Å². The van der Waals surface area contributed by atoms with Crippen LogP contribution in [0.25, 0.3) is 75.8 Å². The van der Waals surface area contributed by atoms with Crippen molar-refractivity contribution < 1.29 is 63.0 Å². The molecule has 3 aromatic heterocycles. The van der Waals surface area contributed by atoms with E-state index in [4.69, 9.17) is 65.0 Å². The maximum absolute atomic E-state index is 13.3. The maximum Gasteiger partial charge on any atom is 0.411 e. The van der Waals surface area contributed by atoms with Gasteiger partial charge in [0, 0.05) is 125 Å². The highest BCUT2D eigenvalue weighted by molar-refractivity contribution is 6.19. The zero-order chi connectivity index (χ0) is 88.5. The first kappa shape index (κ1) is 91.0. The molecule has 14 rings (SSSR count). The number of nitrogens with one attached hydrogen (secondary N) is 8. The van der Waals surface area contributed by atoms with Crippen molar-refractivity contribution in [1.82, 2.24) is 15.0 Å². The topological polar surface area (TPSA) is 390 Å². The molecule has 11 aromatic carbocycles. The lowest BCUT2D eigenvalue weighted by Gasteiger charge is -2.17. The van der Waals surface area contributed by atoms with Crippen LogP contribution in [0, 0.1) is 82.5 Å². The molecule has 0 atom stereocenters. The highest BCUT2D eigenvalue weighted by Crippen LogP contribution is 2.40. The summed E-state index contributed by atoms with van der Waals surface area (Å²) < 4.78 is 14.7. The van der Waals surface area contributed by atoms with E-state index < -0.39 is 34.1 Å². The normalized spacial score (nSPS) is 10.9. The number of amides is 5. The van der Waals surface area contributed by atoms with E-state index in [-0.39, 0.29) is 67.6 Å². The number of benzene rings is 11. The second-order valence-corrected chi connectivity index (χ2v) is 29.9. The third kappa shape index (κ3) is 20.8. The van der Waals surface area contributed by atoms with Gasteiger partial charge in [-0.15, -0.1) is 34.8 Å². The van der Waals surface area contributed by atoms with Crippen LogP contribution in [0.5, 0.6) is 0 Å². The number of rotatable bonds is 21. The van der Waals surface area contributed by atoms with Gasteiger partial charge in [-0.25, -0.2) is 19.2 Å². The Hall–Kier alpha value is -13.3. The molecule has 0 spiro atoms. The fraction of sp³-hybridized carbons (Fsp3) is 0.247. The van der Waals surface area contributed by atoms with Gasteiger partial charge in [0.05, 0.1) is 46.7 Å². The molecule has 0 aliphatic heterocycles. The van der Waals surface area contributed by atoms with Gasteiger partial charge < -0.3 is 55.7 Å². The number of hydrogen-bond donors (Lipinski definition) is 11. The molecule has 0 bridgehead atoms. The number of halogens is 3. The second-order valence-electron chi connectivity index (χ2n) is 28.8. The number of nitrogens with two attached hydrogens (primary N) is 1. The van der Waals surface area contributed by atoms with Crippen molar-refractivity contribution in [1.29, 1.82) is 0 Å². The summed E-state index contributed by atoms with van der Waals surface area (Å²) in [5.74, 6) is -0.251. The van der Waals surface area contributed by atoms with Crippen molar-refractivity contribution >= 4 is 192 Å². The number of H-pyrrole nitrogens is 3. The number of alkyl halides is 3. The highest BCUT2D eigenvalue weighted by Gasteiger charge is 2.26. The first-order valence-electron chi connectivity index (χ1n) is 39.4. The number of aliphatic hydroxyl groups is 1. The minimum absolute atomic E-state index is 0.0638. The van der Waals surface area contributed by atoms with Gasteiger partial charge in [0.15, 0.2) is 0 Å². The third-order valence-electron chi connectivity index (χ3n) is 21.4. The first-order valence-corrected chi connectivity index (χ1v) is 41.0. The standard InChI is InChI=1S/C27H28ClN3O3.C24H24ClN3O.C15H15ClN2O4.C15H16N2O5.C12H13NO2/c1-5-34-27(33)31-23-14-22(21(10-11-28)19-8-6-7-9-20(19)23)30-26(32)24-13-18-12-15(2)16(3)17(4)25(18)29-24;1-13-10-16-11-22(27-23(16)15(3)14(13)2)24(29)28-21-12-20(26)18-7-5-4-6-17(18)19(21)8-9-25;1-2-22-15(19)17-13-9-14(18(20)21)12(7-8-16)10-5-3-4-6-11(10)13;1-2-22-15(19)16-13-9-14(17(20)21)12(7-8-18)10-5-3-4-6-11(10)13;1-6-4-9-5-10(12(14)15)13-11(9)8(3)7(6)2/h6-9,12-14,29H,5,10-11H2,1-4H3,(H,30,32)(H,31,33);4-7,10-12,27H,8-9,26H2,1-3H3,(H,28,29);3-6,9H,2,7-8H2,1H3,(H,17,19);3-6,9,18H,2,7-8H2,1H3,(H,16,19);4-5,13H,1-3H3,(H,14,15). The molecule has 122 heavy (non-hydrogen) atoms. The number of nitrogens with zero attached hydrogens (tertiary/aromatic N) is 2. The van der Waals surface area contributed by atoms with Gasteiger partial charge in [-0.05, 0) is 234 Å². The van der Waals surface area contributed by atoms with Gasteiger partial charge >= 0.3 is 24.2 Å². The number of anilines is 6. The largest absolute Gasteiger partial charge is 0.477 e. The predicted octanol–water partition coefficient (Wildman–Crippen LogP) is 22.5. The molecule has 0 saturated carbocycles. The van der Waals surface area contributed by atoms with Crippen molar-refractivity contribution in [3.63, 3.8) is 0 Å². The number of carbonyl (C=O) groups excluding carboxylic acids is 5. The average molecular weight is 1710 g/mol. The number of hydrogen-bond acceptors (Lipinski definition) is 15. The number of aromatic amines is 3. The molecule has 26 nitrogen and oxygen atoms in total. The Morgan fingerprint density at radius 3 is 1.02 bits per heavy atom. The molecule has 0 saturated heterocycles. The van der Waals surface area contributed by atoms with Gasteiger partial charge in [-0.1, -0.05) is 97.1 Å². The summed E-state index contributed by atoms with van der Waals surface area (Å²) in [4.78, 5) is 104. The summed E-state index contributed by atoms with van der Waals surface area (Å²) in [7, 11) is 0. The molecule has 634 valence electrons. The summed E-state index contributed by atoms with van der Waals surface area (Å²) >= 11 is 17.9. The maximum atomic E-state index is 13.3. The van der Waals surface area contributed by atoms with Crippen molar-refractivity contribution in [2.45, 2.75) is 109 Å². The van der Waals surface area contributed by atoms with Gasteiger partial charge in [0.1, 0.15) is 17.1 Å². The van der Waals surface area contributed by atoms with Crippen LogP contribution in [0.3, 0.4) is 0 Å². The van der Waals surface area contributed by atoms with Gasteiger partial charge in [0.25, 0.3) is 23.2 Å². The number of nitro groups is 2. The monoisotopic (exact) mass is 1710 g/mol. The molecule has 12 N–H and O–H groups in total. The molecule has 14 aromatic rings. The molecule has 5 amide bonds. The number of nitrogen functional groups attached to an aromatic ring is 1. The molecule has 0 aliphatic rings. The number of aryl methyl sites for hydroxylation is 9. The van der Waals surface area contributed by atoms with E-state index in [0.717, 1.165) is 82.1 Å². The Balaban J connectivity index is 0.000000164. The summed E-state index contributed by atoms with van der Waals surface area (Å²) in [5.41, 5.74) is 26.9. The number of aromatic carboxylic acids is 1. The zero-order valence-corrected chi connectivity index (χ0v) is 71.9. The molecule has 0 unspecified atom stereocenters. The molecule has 0 aliphatic carbocycles. The number of ether oxygens (including phenoxy) is 3. The molecule has 0 radical (unpaired) electrons. The Morgan fingerprint density at radius 1 is 0.385 bits per heavy atom. The number of aromatic nitrogens is 3. The third-order valence-corrected chi connectivity index (χ3v) is 22.0. The fourth-order valence-corrected chi connectivity index (χ4v) is 15.4. The van der Waals surface area contributed by atoms with Crippen LogP contribution in [0.15, 0.2) is 158 Å². The minimum Gasteiger partial charge on any atom is -0.477 e. The predicted molar refractivity (Wildman–Crippen MR) is 490 cm³/mol. The highest BCUT2D eigenvalue weighted by atomic mass is 35.5. The fourth-order valence-electron chi connectivity index (χ4n) is 14.8. The van der Waals surface area contributed by atoms with Crippen LogP contribution in [-0.2, 0) is 39.9 Å². The summed E-state index contributed by atoms with van der Waals surface area (Å²) in [5, 5.41) is 64.0. The van der Waals surface area contributed by atoms with E-state index in [2.05, 4.69) is 95.2 Å². The summed E-state index contributed by atoms with van der Waals surface area (Å²) in [6.45, 7) is 24.1. The summed E-state index contributed by atoms with van der Waals surface area (Å²) in [6, 6.07) is 47.7. The Labute approximate surface area is 718 Å². The minimum atomic E-state index is -0.916. The number of aliphatic hydroxyl groups excluding tert-OH is 1. The van der Waals surface area contributed by atoms with E-state index in [1.165, 1.54) is 45.5 Å². The molecule has 0 fully saturated rings. The van der Waals surface area contributed by atoms with Crippen LogP contribution in [0.1, 0.15) is 125 Å². The average Bonchev–Trinajstić information content (AvgIpc) is 0.910. The van der Waals surface area contributed by atoms with Gasteiger partial charge in [-0.3, -0.25) is 45.8 Å². The van der Waals surface area contributed by atoms with Crippen molar-refractivity contribution in [3.05, 3.63) is 267 Å². The number of carboxylic acids is 1.